The van der Waals surface area contributed by atoms with Gasteiger partial charge in [-0.15, -0.1) is 0 Å². The van der Waals surface area contributed by atoms with Crippen LogP contribution in [0.4, 0.5) is 0 Å². The van der Waals surface area contributed by atoms with Crippen molar-refractivity contribution in [3.05, 3.63) is 0 Å². The Balaban J connectivity index is 2.70. The zero-order valence-corrected chi connectivity index (χ0v) is 9.52. The van der Waals surface area contributed by atoms with Gasteiger partial charge in [0.25, 0.3) is 5.91 Å². The predicted octanol–water partition coefficient (Wildman–Crippen LogP) is 0.407. The molecular weight excluding hydrogens is 196 g/mol. The fraction of sp³-hybridized carbons (Fsp3) is 0.800. The first-order valence-corrected chi connectivity index (χ1v) is 5.23. The van der Waals surface area contributed by atoms with Crippen LogP contribution in [-0.2, 0) is 14.4 Å². The van der Waals surface area contributed by atoms with Crippen molar-refractivity contribution in [2.24, 2.45) is 0 Å². The summed E-state index contributed by atoms with van der Waals surface area (Å²) in [5, 5.41) is 1.18. The van der Waals surface area contributed by atoms with Crippen LogP contribution >= 0.6 is 0 Å². The van der Waals surface area contributed by atoms with Crippen LogP contribution in [-0.4, -0.2) is 48.5 Å². The van der Waals surface area contributed by atoms with Crippen molar-refractivity contribution in [3.8, 4) is 0 Å². The molecule has 0 saturated carbocycles. The van der Waals surface area contributed by atoms with Crippen LogP contribution in [0.15, 0.2) is 0 Å². The number of carbonyl (C=O) groups is 2. The van der Waals surface area contributed by atoms with Gasteiger partial charge in [-0.2, -0.15) is 0 Å². The number of hydrogen-bond acceptors (Lipinski definition) is 3. The SMILES string of the molecule is CC[C@@H](C(=O)N(C)OC)N1CCCC1=O. The van der Waals surface area contributed by atoms with Crippen molar-refractivity contribution in [2.75, 3.05) is 20.7 Å². The summed E-state index contributed by atoms with van der Waals surface area (Å²) in [5.74, 6) is -0.0880. The van der Waals surface area contributed by atoms with Gasteiger partial charge in [-0.25, -0.2) is 5.06 Å². The minimum absolute atomic E-state index is 0.0692. The van der Waals surface area contributed by atoms with Crippen molar-refractivity contribution >= 4 is 11.8 Å². The summed E-state index contributed by atoms with van der Waals surface area (Å²) in [4.78, 5) is 29.8. The van der Waals surface area contributed by atoms with Gasteiger partial charge in [0.1, 0.15) is 6.04 Å². The van der Waals surface area contributed by atoms with E-state index in [2.05, 4.69) is 0 Å². The van der Waals surface area contributed by atoms with Crippen LogP contribution in [0.2, 0.25) is 0 Å². The molecule has 1 saturated heterocycles. The first-order chi connectivity index (χ1) is 7.11. The Bertz CT molecular complexity index is 255. The molecule has 1 heterocycles. The maximum atomic E-state index is 11.8. The molecule has 1 fully saturated rings. The van der Waals surface area contributed by atoms with Crippen molar-refractivity contribution in [3.63, 3.8) is 0 Å². The normalized spacial score (nSPS) is 18.1. The lowest BCUT2D eigenvalue weighted by Gasteiger charge is -2.28. The molecule has 1 atom stereocenters. The molecular formula is C10H18N2O3. The summed E-state index contributed by atoms with van der Waals surface area (Å²) in [6, 6.07) is -0.370. The Morgan fingerprint density at radius 3 is 2.73 bits per heavy atom. The number of rotatable bonds is 4. The number of nitrogens with zero attached hydrogens (tertiary/aromatic N) is 2. The van der Waals surface area contributed by atoms with E-state index in [4.69, 9.17) is 4.84 Å². The zero-order valence-electron chi connectivity index (χ0n) is 9.52. The third-order valence-electron chi connectivity index (χ3n) is 2.74. The Labute approximate surface area is 89.9 Å². The Hall–Kier alpha value is -1.10. The molecule has 0 radical (unpaired) electrons. The van der Waals surface area contributed by atoms with Gasteiger partial charge >= 0.3 is 0 Å². The van der Waals surface area contributed by atoms with E-state index in [-0.39, 0.29) is 17.9 Å². The van der Waals surface area contributed by atoms with E-state index in [0.29, 0.717) is 19.4 Å². The standard InChI is InChI=1S/C10H18N2O3/c1-4-8(10(14)11(2)15-3)12-7-5-6-9(12)13/h8H,4-7H2,1-3H3/t8-/m0/s1. The average Bonchev–Trinajstić information content (AvgIpc) is 2.65. The Morgan fingerprint density at radius 2 is 2.33 bits per heavy atom. The molecule has 5 heteroatoms. The highest BCUT2D eigenvalue weighted by Gasteiger charge is 2.33. The molecule has 15 heavy (non-hydrogen) atoms. The third kappa shape index (κ3) is 2.47. The predicted molar refractivity (Wildman–Crippen MR) is 54.8 cm³/mol. The highest BCUT2D eigenvalue weighted by molar-refractivity contribution is 5.87. The minimum Gasteiger partial charge on any atom is -0.331 e. The lowest BCUT2D eigenvalue weighted by Crippen LogP contribution is -2.47. The van der Waals surface area contributed by atoms with Crippen molar-refractivity contribution in [1.82, 2.24) is 9.96 Å². The number of likely N-dealkylation sites (tertiary alicyclic amines) is 1. The van der Waals surface area contributed by atoms with Gasteiger partial charge in [-0.1, -0.05) is 6.92 Å². The van der Waals surface area contributed by atoms with Crippen LogP contribution in [0.25, 0.3) is 0 Å². The summed E-state index contributed by atoms with van der Waals surface area (Å²) < 4.78 is 0. The van der Waals surface area contributed by atoms with Crippen molar-refractivity contribution < 1.29 is 14.4 Å². The Kier molecular flexibility index (Phi) is 4.08. The maximum Gasteiger partial charge on any atom is 0.268 e. The highest BCUT2D eigenvalue weighted by Crippen LogP contribution is 2.17. The van der Waals surface area contributed by atoms with Gasteiger partial charge in [0.05, 0.1) is 7.11 Å². The van der Waals surface area contributed by atoms with Crippen LogP contribution in [0.3, 0.4) is 0 Å². The first kappa shape index (κ1) is 12.0. The number of hydrogen-bond donors (Lipinski definition) is 0. The molecule has 0 bridgehead atoms. The fourth-order valence-electron chi connectivity index (χ4n) is 1.83. The molecule has 1 aliphatic heterocycles. The molecule has 0 aliphatic carbocycles. The molecule has 1 rings (SSSR count). The molecule has 0 N–H and O–H groups in total. The van der Waals surface area contributed by atoms with Gasteiger partial charge in [-0.05, 0) is 12.8 Å². The molecule has 2 amide bonds. The molecule has 0 aromatic rings. The second-order valence-electron chi connectivity index (χ2n) is 3.63. The fourth-order valence-corrected chi connectivity index (χ4v) is 1.83. The largest absolute Gasteiger partial charge is 0.331 e. The van der Waals surface area contributed by atoms with Crippen molar-refractivity contribution in [1.29, 1.82) is 0 Å². The highest BCUT2D eigenvalue weighted by atomic mass is 16.7. The minimum atomic E-state index is -0.370. The second-order valence-corrected chi connectivity index (χ2v) is 3.63. The molecule has 0 spiro atoms. The molecule has 5 nitrogen and oxygen atoms in total. The lowest BCUT2D eigenvalue weighted by atomic mass is 10.2. The Morgan fingerprint density at radius 1 is 1.67 bits per heavy atom. The van der Waals surface area contributed by atoms with E-state index in [0.717, 1.165) is 6.42 Å². The van der Waals surface area contributed by atoms with Crippen molar-refractivity contribution in [2.45, 2.75) is 32.2 Å². The number of likely N-dealkylation sites (N-methyl/N-ethyl adjacent to an activating group) is 1. The zero-order chi connectivity index (χ0) is 11.4. The van der Waals surface area contributed by atoms with Gasteiger partial charge in [0.15, 0.2) is 0 Å². The van der Waals surface area contributed by atoms with Crippen LogP contribution in [0.1, 0.15) is 26.2 Å². The van der Waals surface area contributed by atoms with E-state index in [1.807, 2.05) is 6.92 Å². The summed E-state index contributed by atoms with van der Waals surface area (Å²) in [6.07, 6.45) is 2.03. The summed E-state index contributed by atoms with van der Waals surface area (Å²) >= 11 is 0. The number of carbonyl (C=O) groups excluding carboxylic acids is 2. The van der Waals surface area contributed by atoms with Gasteiger partial charge < -0.3 is 4.90 Å². The first-order valence-electron chi connectivity index (χ1n) is 5.23. The lowest BCUT2D eigenvalue weighted by molar-refractivity contribution is -0.175. The third-order valence-corrected chi connectivity index (χ3v) is 2.74. The van der Waals surface area contributed by atoms with E-state index in [1.54, 1.807) is 11.9 Å². The number of hydroxylamine groups is 2. The summed E-state index contributed by atoms with van der Waals surface area (Å²) in [6.45, 7) is 2.58. The average molecular weight is 214 g/mol. The van der Waals surface area contributed by atoms with Crippen LogP contribution in [0.5, 0.6) is 0 Å². The summed E-state index contributed by atoms with van der Waals surface area (Å²) in [7, 11) is 3.00. The van der Waals surface area contributed by atoms with E-state index < -0.39 is 0 Å². The molecule has 0 aromatic heterocycles. The smallest absolute Gasteiger partial charge is 0.268 e. The van der Waals surface area contributed by atoms with E-state index >= 15 is 0 Å². The molecule has 0 unspecified atom stereocenters. The van der Waals surface area contributed by atoms with E-state index in [1.165, 1.54) is 12.2 Å². The molecule has 0 aromatic carbocycles. The maximum absolute atomic E-state index is 11.8. The second kappa shape index (κ2) is 5.11. The number of amides is 2. The van der Waals surface area contributed by atoms with Crippen LogP contribution < -0.4 is 0 Å². The van der Waals surface area contributed by atoms with Gasteiger partial charge in [0.2, 0.25) is 5.91 Å². The monoisotopic (exact) mass is 214 g/mol. The summed E-state index contributed by atoms with van der Waals surface area (Å²) in [5.41, 5.74) is 0. The quantitative estimate of drug-likeness (QED) is 0.637. The van der Waals surface area contributed by atoms with Crippen LogP contribution in [0, 0.1) is 0 Å². The molecule has 1 aliphatic rings. The molecule has 86 valence electrons. The topological polar surface area (TPSA) is 49.9 Å². The van der Waals surface area contributed by atoms with Gasteiger partial charge in [0, 0.05) is 20.0 Å². The van der Waals surface area contributed by atoms with E-state index in [9.17, 15) is 9.59 Å². The van der Waals surface area contributed by atoms with Gasteiger partial charge in [-0.3, -0.25) is 14.4 Å².